The maximum atomic E-state index is 14.6. The molecule has 2 aromatic carbocycles. The summed E-state index contributed by atoms with van der Waals surface area (Å²) in [6, 6.07) is 8.29. The highest BCUT2D eigenvalue weighted by atomic mass is 19.1. The number of halogens is 1. The van der Waals surface area contributed by atoms with E-state index < -0.39 is 11.9 Å². The average Bonchev–Trinajstić information content (AvgIpc) is 2.91. The second kappa shape index (κ2) is 6.29. The standard InChI is InChI=1S/C19H20FN3O2/c1-10(24)18-14(7-13(8-15(18)20)19(25)23(3)4)12-5-6-16-17(9-12)22-11(2)21-16/h5-10,24H,1-4H3,(H,21,22). The molecule has 1 heterocycles. The molecule has 1 unspecified atom stereocenters. The molecule has 3 rings (SSSR count). The number of benzene rings is 2. The van der Waals surface area contributed by atoms with Crippen molar-refractivity contribution >= 4 is 16.9 Å². The Labute approximate surface area is 145 Å². The zero-order valence-corrected chi connectivity index (χ0v) is 14.6. The summed E-state index contributed by atoms with van der Waals surface area (Å²) in [7, 11) is 3.22. The maximum Gasteiger partial charge on any atom is 0.253 e. The molecule has 0 bridgehead atoms. The van der Waals surface area contributed by atoms with Gasteiger partial charge < -0.3 is 15.0 Å². The van der Waals surface area contributed by atoms with Crippen LogP contribution in [0.4, 0.5) is 4.39 Å². The van der Waals surface area contributed by atoms with Crippen LogP contribution in [0.1, 0.15) is 34.8 Å². The zero-order valence-electron chi connectivity index (χ0n) is 14.6. The molecular formula is C19H20FN3O2. The molecular weight excluding hydrogens is 321 g/mol. The quantitative estimate of drug-likeness (QED) is 0.767. The SMILES string of the molecule is Cc1nc2cc(-c3cc(C(=O)N(C)C)cc(F)c3C(C)O)ccc2[nH]1. The van der Waals surface area contributed by atoms with Gasteiger partial charge in [-0.25, -0.2) is 9.37 Å². The molecule has 1 amide bonds. The Kier molecular flexibility index (Phi) is 4.30. The Morgan fingerprint density at radius 3 is 2.64 bits per heavy atom. The molecule has 25 heavy (non-hydrogen) atoms. The number of aliphatic hydroxyl groups excluding tert-OH is 1. The first kappa shape index (κ1) is 17.1. The number of hydrogen-bond donors (Lipinski definition) is 2. The molecule has 2 N–H and O–H groups in total. The van der Waals surface area contributed by atoms with E-state index >= 15 is 0 Å². The lowest BCUT2D eigenvalue weighted by Crippen LogP contribution is -2.22. The van der Waals surface area contributed by atoms with Gasteiger partial charge in [-0.15, -0.1) is 0 Å². The number of aromatic nitrogens is 2. The van der Waals surface area contributed by atoms with Gasteiger partial charge in [0.1, 0.15) is 11.6 Å². The zero-order chi connectivity index (χ0) is 18.3. The molecule has 0 radical (unpaired) electrons. The van der Waals surface area contributed by atoms with Crippen LogP contribution in [-0.4, -0.2) is 40.0 Å². The predicted molar refractivity (Wildman–Crippen MR) is 94.9 cm³/mol. The van der Waals surface area contributed by atoms with Crippen molar-refractivity contribution < 1.29 is 14.3 Å². The van der Waals surface area contributed by atoms with E-state index in [1.807, 2.05) is 25.1 Å². The monoisotopic (exact) mass is 341 g/mol. The second-order valence-electron chi connectivity index (χ2n) is 6.35. The van der Waals surface area contributed by atoms with Crippen LogP contribution >= 0.6 is 0 Å². The fourth-order valence-electron chi connectivity index (χ4n) is 2.96. The summed E-state index contributed by atoms with van der Waals surface area (Å²) < 4.78 is 14.6. The molecule has 0 aliphatic rings. The molecule has 5 nitrogen and oxygen atoms in total. The molecule has 6 heteroatoms. The Morgan fingerprint density at radius 1 is 1.28 bits per heavy atom. The largest absolute Gasteiger partial charge is 0.389 e. The lowest BCUT2D eigenvalue weighted by atomic mass is 9.93. The van der Waals surface area contributed by atoms with E-state index in [9.17, 15) is 14.3 Å². The molecule has 0 saturated heterocycles. The number of hydrogen-bond acceptors (Lipinski definition) is 3. The number of fused-ring (bicyclic) bond motifs is 1. The number of aromatic amines is 1. The topological polar surface area (TPSA) is 69.2 Å². The number of H-pyrrole nitrogens is 1. The van der Waals surface area contributed by atoms with E-state index in [1.165, 1.54) is 17.9 Å². The number of nitrogens with zero attached hydrogens (tertiary/aromatic N) is 2. The minimum absolute atomic E-state index is 0.168. The number of nitrogens with one attached hydrogen (secondary N) is 1. The Hall–Kier alpha value is -2.73. The van der Waals surface area contributed by atoms with Crippen molar-refractivity contribution in [3.05, 3.63) is 53.1 Å². The summed E-state index contributed by atoms with van der Waals surface area (Å²) in [5.41, 5.74) is 3.21. The molecule has 0 spiro atoms. The van der Waals surface area contributed by atoms with Crippen LogP contribution in [0.25, 0.3) is 22.2 Å². The summed E-state index contributed by atoms with van der Waals surface area (Å²) in [5.74, 6) is -0.115. The molecule has 1 aromatic heterocycles. The van der Waals surface area contributed by atoms with Crippen LogP contribution < -0.4 is 0 Å². The van der Waals surface area contributed by atoms with Crippen LogP contribution in [0.5, 0.6) is 0 Å². The van der Waals surface area contributed by atoms with Gasteiger partial charge in [-0.05, 0) is 49.2 Å². The van der Waals surface area contributed by atoms with E-state index in [0.29, 0.717) is 11.1 Å². The van der Waals surface area contributed by atoms with E-state index in [1.54, 1.807) is 20.2 Å². The van der Waals surface area contributed by atoms with Gasteiger partial charge in [0.15, 0.2) is 0 Å². The van der Waals surface area contributed by atoms with Gasteiger partial charge in [0.2, 0.25) is 0 Å². The molecule has 0 fully saturated rings. The van der Waals surface area contributed by atoms with Crippen molar-refractivity contribution in [2.45, 2.75) is 20.0 Å². The third-order valence-corrected chi connectivity index (χ3v) is 4.11. The molecule has 0 aliphatic heterocycles. The summed E-state index contributed by atoms with van der Waals surface area (Å²) in [6.07, 6.45) is -1.00. The Balaban J connectivity index is 2.24. The van der Waals surface area contributed by atoms with Crippen molar-refractivity contribution in [1.82, 2.24) is 14.9 Å². The van der Waals surface area contributed by atoms with E-state index in [2.05, 4.69) is 9.97 Å². The van der Waals surface area contributed by atoms with Gasteiger partial charge in [-0.1, -0.05) is 6.07 Å². The third-order valence-electron chi connectivity index (χ3n) is 4.11. The van der Waals surface area contributed by atoms with Gasteiger partial charge in [0.05, 0.1) is 17.1 Å². The van der Waals surface area contributed by atoms with E-state index in [0.717, 1.165) is 16.9 Å². The smallest absolute Gasteiger partial charge is 0.253 e. The fraction of sp³-hybridized carbons (Fsp3) is 0.263. The van der Waals surface area contributed by atoms with Crippen LogP contribution in [0.3, 0.4) is 0 Å². The summed E-state index contributed by atoms with van der Waals surface area (Å²) in [5, 5.41) is 10.0. The first-order chi connectivity index (χ1) is 11.8. The number of carbonyl (C=O) groups is 1. The minimum Gasteiger partial charge on any atom is -0.389 e. The van der Waals surface area contributed by atoms with Crippen molar-refractivity contribution in [1.29, 1.82) is 0 Å². The molecule has 3 aromatic rings. The van der Waals surface area contributed by atoms with Gasteiger partial charge in [0, 0.05) is 25.2 Å². The number of aryl methyl sites for hydroxylation is 1. The van der Waals surface area contributed by atoms with Crippen LogP contribution in [0.2, 0.25) is 0 Å². The normalized spacial score (nSPS) is 12.4. The summed E-state index contributed by atoms with van der Waals surface area (Å²) in [4.78, 5) is 21.2. The predicted octanol–water partition coefficient (Wildman–Crippen LogP) is 3.43. The van der Waals surface area contributed by atoms with Crippen molar-refractivity contribution in [2.24, 2.45) is 0 Å². The van der Waals surface area contributed by atoms with Crippen molar-refractivity contribution in [3.8, 4) is 11.1 Å². The van der Waals surface area contributed by atoms with Gasteiger partial charge in [-0.3, -0.25) is 4.79 Å². The lowest BCUT2D eigenvalue weighted by Gasteiger charge is -2.17. The molecule has 1 atom stereocenters. The van der Waals surface area contributed by atoms with Gasteiger partial charge >= 0.3 is 0 Å². The number of aliphatic hydroxyl groups is 1. The number of rotatable bonds is 3. The third kappa shape index (κ3) is 3.13. The molecule has 130 valence electrons. The van der Waals surface area contributed by atoms with Crippen molar-refractivity contribution in [3.63, 3.8) is 0 Å². The van der Waals surface area contributed by atoms with E-state index in [4.69, 9.17) is 0 Å². The van der Waals surface area contributed by atoms with Gasteiger partial charge in [-0.2, -0.15) is 0 Å². The molecule has 0 saturated carbocycles. The van der Waals surface area contributed by atoms with E-state index in [-0.39, 0.29) is 17.0 Å². The van der Waals surface area contributed by atoms with Crippen LogP contribution in [0.15, 0.2) is 30.3 Å². The highest BCUT2D eigenvalue weighted by Crippen LogP contribution is 2.33. The first-order valence-corrected chi connectivity index (χ1v) is 7.98. The van der Waals surface area contributed by atoms with Crippen LogP contribution in [-0.2, 0) is 0 Å². The maximum absolute atomic E-state index is 14.6. The summed E-state index contributed by atoms with van der Waals surface area (Å²) >= 11 is 0. The number of imidazole rings is 1. The number of amides is 1. The van der Waals surface area contributed by atoms with Gasteiger partial charge in [0.25, 0.3) is 5.91 Å². The number of carbonyl (C=O) groups excluding carboxylic acids is 1. The molecule has 0 aliphatic carbocycles. The second-order valence-corrected chi connectivity index (χ2v) is 6.35. The highest BCUT2D eigenvalue weighted by Gasteiger charge is 2.20. The van der Waals surface area contributed by atoms with Crippen molar-refractivity contribution in [2.75, 3.05) is 14.1 Å². The average molecular weight is 341 g/mol. The Bertz CT molecular complexity index is 961. The summed E-state index contributed by atoms with van der Waals surface area (Å²) in [6.45, 7) is 3.36. The fourth-order valence-corrected chi connectivity index (χ4v) is 2.96. The highest BCUT2D eigenvalue weighted by molar-refractivity contribution is 5.96. The Morgan fingerprint density at radius 2 is 2.00 bits per heavy atom. The first-order valence-electron chi connectivity index (χ1n) is 7.98. The lowest BCUT2D eigenvalue weighted by molar-refractivity contribution is 0.0827. The van der Waals surface area contributed by atoms with Crippen LogP contribution in [0, 0.1) is 12.7 Å². The minimum atomic E-state index is -1.00.